The topological polar surface area (TPSA) is 68.3 Å². The van der Waals surface area contributed by atoms with Gasteiger partial charge < -0.3 is 15.2 Å². The van der Waals surface area contributed by atoms with Gasteiger partial charge in [0.25, 0.3) is 0 Å². The van der Waals surface area contributed by atoms with Crippen molar-refractivity contribution in [3.63, 3.8) is 0 Å². The Balaban J connectivity index is 3.49. The van der Waals surface area contributed by atoms with Gasteiger partial charge in [0.05, 0.1) is 19.9 Å². The molecule has 0 aliphatic heterocycles. The lowest BCUT2D eigenvalue weighted by Gasteiger charge is -2.10. The van der Waals surface area contributed by atoms with Gasteiger partial charge in [-0.1, -0.05) is 11.6 Å². The van der Waals surface area contributed by atoms with Crippen LogP contribution >= 0.6 is 11.6 Å². The number of nitrogens with two attached hydrogens (primary N) is 1. The fourth-order valence-corrected chi connectivity index (χ4v) is 1.33. The third kappa shape index (κ3) is 1.54. The molecule has 0 aliphatic rings. The van der Waals surface area contributed by atoms with Crippen LogP contribution in [-0.2, 0) is 0 Å². The van der Waals surface area contributed by atoms with Crippen LogP contribution in [-0.4, -0.2) is 14.2 Å². The summed E-state index contributed by atoms with van der Waals surface area (Å²) in [4.78, 5) is 0. The summed E-state index contributed by atoms with van der Waals surface area (Å²) in [6, 6.07) is 3.44. The third-order valence-corrected chi connectivity index (χ3v) is 2.16. The molecule has 0 amide bonds. The molecule has 1 aromatic rings. The molecule has 1 rings (SSSR count). The Bertz CT molecular complexity index is 371. The van der Waals surface area contributed by atoms with Crippen LogP contribution in [0.25, 0.3) is 0 Å². The van der Waals surface area contributed by atoms with Gasteiger partial charge in [0, 0.05) is 6.07 Å². The average molecular weight is 213 g/mol. The molecule has 14 heavy (non-hydrogen) atoms. The molecule has 74 valence electrons. The van der Waals surface area contributed by atoms with E-state index in [1.54, 1.807) is 6.07 Å². The number of hydrogen-bond donors (Lipinski definition) is 1. The Morgan fingerprint density at radius 2 is 1.93 bits per heavy atom. The Morgan fingerprint density at radius 1 is 1.36 bits per heavy atom. The van der Waals surface area contributed by atoms with Gasteiger partial charge in [-0.05, 0) is 0 Å². The van der Waals surface area contributed by atoms with Crippen molar-refractivity contribution >= 4 is 17.3 Å². The molecule has 2 N–H and O–H groups in total. The molecule has 0 unspecified atom stereocenters. The summed E-state index contributed by atoms with van der Waals surface area (Å²) in [7, 11) is 2.91. The van der Waals surface area contributed by atoms with Crippen LogP contribution in [0.2, 0.25) is 5.02 Å². The highest BCUT2D eigenvalue weighted by Gasteiger charge is 2.15. The molecule has 1 aromatic carbocycles. The quantitative estimate of drug-likeness (QED) is 0.760. The molecule has 4 nitrogen and oxygen atoms in total. The highest BCUT2D eigenvalue weighted by molar-refractivity contribution is 6.33. The Labute approximate surface area is 86.8 Å². The summed E-state index contributed by atoms with van der Waals surface area (Å²) in [6.07, 6.45) is 0. The third-order valence-electron chi connectivity index (χ3n) is 1.78. The minimum atomic E-state index is 0.169. The van der Waals surface area contributed by atoms with E-state index in [0.717, 1.165) is 0 Å². The summed E-state index contributed by atoms with van der Waals surface area (Å²) in [5.74, 6) is 0.747. The van der Waals surface area contributed by atoms with Crippen molar-refractivity contribution in [3.05, 3.63) is 16.7 Å². The zero-order chi connectivity index (χ0) is 10.7. The van der Waals surface area contributed by atoms with Gasteiger partial charge >= 0.3 is 0 Å². The maximum Gasteiger partial charge on any atom is 0.146 e. The second-order valence-electron chi connectivity index (χ2n) is 2.50. The zero-order valence-electron chi connectivity index (χ0n) is 7.80. The van der Waals surface area contributed by atoms with Gasteiger partial charge in [-0.15, -0.1) is 0 Å². The number of rotatable bonds is 2. The number of nitrogens with zero attached hydrogens (tertiary/aromatic N) is 1. The first-order valence-electron chi connectivity index (χ1n) is 3.75. The largest absolute Gasteiger partial charge is 0.495 e. The molecular formula is C9H9ClN2O2. The first-order valence-corrected chi connectivity index (χ1v) is 4.13. The van der Waals surface area contributed by atoms with E-state index in [1.807, 2.05) is 6.07 Å². The highest BCUT2D eigenvalue weighted by Crippen LogP contribution is 2.38. The minimum Gasteiger partial charge on any atom is -0.495 e. The van der Waals surface area contributed by atoms with Crippen LogP contribution < -0.4 is 15.2 Å². The molecule has 0 saturated heterocycles. The molecule has 5 heteroatoms. The number of nitrogen functional groups attached to an aromatic ring is 1. The molecule has 0 atom stereocenters. The Hall–Kier alpha value is -1.60. The summed E-state index contributed by atoms with van der Waals surface area (Å²) < 4.78 is 9.94. The summed E-state index contributed by atoms with van der Waals surface area (Å²) >= 11 is 5.86. The number of halogens is 1. The standard InChI is InChI=1S/C9H9ClN2O2/c1-13-6-3-7(14-2)9(12)5(4-11)8(6)10/h3H,12H2,1-2H3. The van der Waals surface area contributed by atoms with Crippen molar-refractivity contribution in [1.29, 1.82) is 5.26 Å². The van der Waals surface area contributed by atoms with Gasteiger partial charge in [-0.2, -0.15) is 5.26 Å². The lowest BCUT2D eigenvalue weighted by molar-refractivity contribution is 0.395. The van der Waals surface area contributed by atoms with Crippen molar-refractivity contribution < 1.29 is 9.47 Å². The minimum absolute atomic E-state index is 0.169. The number of hydrogen-bond acceptors (Lipinski definition) is 4. The predicted molar refractivity (Wildman–Crippen MR) is 53.7 cm³/mol. The second kappa shape index (κ2) is 4.07. The maximum absolute atomic E-state index is 8.81. The monoisotopic (exact) mass is 212 g/mol. The molecule has 0 bridgehead atoms. The van der Waals surface area contributed by atoms with E-state index in [1.165, 1.54) is 14.2 Å². The molecule has 0 saturated carbocycles. The van der Waals surface area contributed by atoms with E-state index < -0.39 is 0 Å². The van der Waals surface area contributed by atoms with E-state index >= 15 is 0 Å². The fourth-order valence-electron chi connectivity index (χ4n) is 1.05. The van der Waals surface area contributed by atoms with Gasteiger partial charge in [-0.25, -0.2) is 0 Å². The molecule has 0 fully saturated rings. The molecule has 0 spiro atoms. The summed E-state index contributed by atoms with van der Waals surface area (Å²) in [5.41, 5.74) is 6.03. The Kier molecular flexibility index (Phi) is 3.05. The van der Waals surface area contributed by atoms with Crippen molar-refractivity contribution in [2.75, 3.05) is 20.0 Å². The van der Waals surface area contributed by atoms with Gasteiger partial charge in [-0.3, -0.25) is 0 Å². The fraction of sp³-hybridized carbons (Fsp3) is 0.222. The van der Waals surface area contributed by atoms with E-state index in [-0.39, 0.29) is 16.3 Å². The zero-order valence-corrected chi connectivity index (χ0v) is 8.55. The molecule has 0 aliphatic carbocycles. The SMILES string of the molecule is COc1cc(OC)c(Cl)c(C#N)c1N. The van der Waals surface area contributed by atoms with Crippen LogP contribution in [0.5, 0.6) is 11.5 Å². The van der Waals surface area contributed by atoms with E-state index in [4.69, 9.17) is 32.1 Å². The normalized spacial score (nSPS) is 9.29. The van der Waals surface area contributed by atoms with Gasteiger partial charge in [0.1, 0.15) is 28.2 Å². The predicted octanol–water partition coefficient (Wildman–Crippen LogP) is 1.81. The van der Waals surface area contributed by atoms with Crippen molar-refractivity contribution in [3.8, 4) is 17.6 Å². The van der Waals surface area contributed by atoms with Crippen LogP contribution in [0.1, 0.15) is 5.56 Å². The lowest BCUT2D eigenvalue weighted by atomic mass is 10.1. The smallest absolute Gasteiger partial charge is 0.146 e. The second-order valence-corrected chi connectivity index (χ2v) is 2.87. The number of methoxy groups -OCH3 is 2. The van der Waals surface area contributed by atoms with Crippen LogP contribution in [0.3, 0.4) is 0 Å². The molecule has 0 radical (unpaired) electrons. The number of ether oxygens (including phenoxy) is 2. The average Bonchev–Trinajstić information content (AvgIpc) is 2.19. The summed E-state index contributed by atoms with van der Waals surface area (Å²) in [6.45, 7) is 0. The number of nitriles is 1. The number of anilines is 1. The van der Waals surface area contributed by atoms with E-state index in [9.17, 15) is 0 Å². The van der Waals surface area contributed by atoms with Gasteiger partial charge in [0.2, 0.25) is 0 Å². The molecule has 0 aromatic heterocycles. The highest BCUT2D eigenvalue weighted by atomic mass is 35.5. The van der Waals surface area contributed by atoms with Crippen molar-refractivity contribution in [1.82, 2.24) is 0 Å². The van der Waals surface area contributed by atoms with Crippen molar-refractivity contribution in [2.24, 2.45) is 0 Å². The molecule has 0 heterocycles. The van der Waals surface area contributed by atoms with Crippen LogP contribution in [0.15, 0.2) is 6.07 Å². The van der Waals surface area contributed by atoms with Crippen molar-refractivity contribution in [2.45, 2.75) is 0 Å². The first kappa shape index (κ1) is 10.5. The van der Waals surface area contributed by atoms with Crippen LogP contribution in [0, 0.1) is 11.3 Å². The first-order chi connectivity index (χ1) is 6.65. The maximum atomic E-state index is 8.81. The molecular weight excluding hydrogens is 204 g/mol. The summed E-state index contributed by atoms with van der Waals surface area (Å²) in [5, 5.41) is 9.02. The van der Waals surface area contributed by atoms with E-state index in [2.05, 4.69) is 0 Å². The Morgan fingerprint density at radius 3 is 2.36 bits per heavy atom. The number of benzene rings is 1. The lowest BCUT2D eigenvalue weighted by Crippen LogP contribution is -1.98. The van der Waals surface area contributed by atoms with E-state index in [0.29, 0.717) is 11.5 Å². The van der Waals surface area contributed by atoms with Gasteiger partial charge in [0.15, 0.2) is 0 Å². The van der Waals surface area contributed by atoms with Crippen LogP contribution in [0.4, 0.5) is 5.69 Å².